The van der Waals surface area contributed by atoms with E-state index in [9.17, 15) is 5.11 Å². The molecule has 0 saturated carbocycles. The average Bonchev–Trinajstić information content (AvgIpc) is 2.91. The normalized spacial score (nSPS) is 10.3. The van der Waals surface area contributed by atoms with Gasteiger partial charge in [-0.3, -0.25) is 0 Å². The van der Waals surface area contributed by atoms with E-state index in [1.54, 1.807) is 18.2 Å². The summed E-state index contributed by atoms with van der Waals surface area (Å²) >= 11 is 0. The van der Waals surface area contributed by atoms with Crippen molar-refractivity contribution in [2.75, 3.05) is 0 Å². The molecule has 0 saturated heterocycles. The number of hydrogen-bond acceptors (Lipinski definition) is 5. The van der Waals surface area contributed by atoms with Gasteiger partial charge in [-0.05, 0) is 34.7 Å². The molecule has 1 N–H and O–H groups in total. The van der Waals surface area contributed by atoms with E-state index in [1.165, 1.54) is 10.7 Å². The van der Waals surface area contributed by atoms with Crippen molar-refractivity contribution in [1.29, 1.82) is 0 Å². The van der Waals surface area contributed by atoms with Crippen molar-refractivity contribution < 1.29 is 9.84 Å². The summed E-state index contributed by atoms with van der Waals surface area (Å²) in [6.07, 6.45) is 0. The largest absolute Gasteiger partial charge is 0.504 e. The molecule has 1 aromatic heterocycles. The van der Waals surface area contributed by atoms with Crippen LogP contribution in [0.3, 0.4) is 0 Å². The minimum absolute atomic E-state index is 0.0325. The first-order chi connectivity index (χ1) is 9.34. The molecule has 6 nitrogen and oxygen atoms in total. The van der Waals surface area contributed by atoms with Crippen molar-refractivity contribution >= 4 is 0 Å². The van der Waals surface area contributed by atoms with E-state index in [2.05, 4.69) is 15.5 Å². The third kappa shape index (κ3) is 2.23. The van der Waals surface area contributed by atoms with Crippen LogP contribution in [0.15, 0.2) is 54.6 Å². The lowest BCUT2D eigenvalue weighted by Crippen LogP contribution is -2.00. The van der Waals surface area contributed by atoms with Gasteiger partial charge in [-0.2, -0.15) is 4.68 Å². The third-order valence-corrected chi connectivity index (χ3v) is 2.51. The van der Waals surface area contributed by atoms with Gasteiger partial charge in [0.25, 0.3) is 0 Å². The number of tetrazole rings is 1. The SMILES string of the molecule is Oc1ccccc1Oc1nnnn1-c1ccccc1. The number of para-hydroxylation sites is 3. The Bertz CT molecular complexity index is 682. The van der Waals surface area contributed by atoms with E-state index < -0.39 is 0 Å². The molecule has 1 heterocycles. The van der Waals surface area contributed by atoms with E-state index in [1.807, 2.05) is 30.3 Å². The summed E-state index contributed by atoms with van der Waals surface area (Å²) in [6.45, 7) is 0. The highest BCUT2D eigenvalue weighted by atomic mass is 16.5. The maximum atomic E-state index is 9.67. The molecule has 2 aromatic carbocycles. The zero-order valence-corrected chi connectivity index (χ0v) is 9.84. The molecule has 0 amide bonds. The van der Waals surface area contributed by atoms with Crippen LogP contribution in [0, 0.1) is 0 Å². The summed E-state index contributed by atoms with van der Waals surface area (Å²) in [4.78, 5) is 0. The molecular weight excluding hydrogens is 244 g/mol. The summed E-state index contributed by atoms with van der Waals surface area (Å²) in [5.74, 6) is 0.333. The van der Waals surface area contributed by atoms with Gasteiger partial charge in [-0.25, -0.2) is 0 Å². The maximum absolute atomic E-state index is 9.67. The van der Waals surface area contributed by atoms with Gasteiger partial charge < -0.3 is 9.84 Å². The van der Waals surface area contributed by atoms with Crippen LogP contribution < -0.4 is 4.74 Å². The van der Waals surface area contributed by atoms with Gasteiger partial charge in [0, 0.05) is 0 Å². The lowest BCUT2D eigenvalue weighted by Gasteiger charge is -2.06. The van der Waals surface area contributed by atoms with Crippen molar-refractivity contribution in [3.63, 3.8) is 0 Å². The van der Waals surface area contributed by atoms with Crippen LogP contribution in [-0.2, 0) is 0 Å². The molecule has 0 aliphatic rings. The monoisotopic (exact) mass is 254 g/mol. The number of nitrogens with zero attached hydrogens (tertiary/aromatic N) is 4. The number of aromatic hydroxyl groups is 1. The molecule has 3 aromatic rings. The molecule has 3 rings (SSSR count). The Balaban J connectivity index is 1.96. The van der Waals surface area contributed by atoms with E-state index in [0.717, 1.165) is 5.69 Å². The zero-order chi connectivity index (χ0) is 13.1. The minimum atomic E-state index is 0.0325. The van der Waals surface area contributed by atoms with Gasteiger partial charge in [0.2, 0.25) is 0 Å². The topological polar surface area (TPSA) is 73.1 Å². The number of phenolic OH excluding ortho intramolecular Hbond substituents is 1. The van der Waals surface area contributed by atoms with Gasteiger partial charge in [0.1, 0.15) is 0 Å². The van der Waals surface area contributed by atoms with Crippen LogP contribution in [0.4, 0.5) is 0 Å². The van der Waals surface area contributed by atoms with Gasteiger partial charge in [-0.1, -0.05) is 35.4 Å². The van der Waals surface area contributed by atoms with E-state index >= 15 is 0 Å². The molecular formula is C13H10N4O2. The second-order valence-corrected chi connectivity index (χ2v) is 3.78. The van der Waals surface area contributed by atoms with E-state index in [4.69, 9.17) is 4.74 Å². The highest BCUT2D eigenvalue weighted by Gasteiger charge is 2.12. The maximum Gasteiger partial charge on any atom is 0.346 e. The molecule has 19 heavy (non-hydrogen) atoms. The van der Waals surface area contributed by atoms with E-state index in [-0.39, 0.29) is 11.8 Å². The molecule has 0 fully saturated rings. The standard InChI is InChI=1S/C13H10N4O2/c18-11-8-4-5-9-12(11)19-13-14-15-16-17(13)10-6-2-1-3-7-10/h1-9,18H. The lowest BCUT2D eigenvalue weighted by molar-refractivity contribution is 0.384. The zero-order valence-electron chi connectivity index (χ0n) is 9.84. The van der Waals surface area contributed by atoms with Crippen LogP contribution in [0.1, 0.15) is 0 Å². The fourth-order valence-corrected chi connectivity index (χ4v) is 1.62. The Labute approximate surface area is 108 Å². The Morgan fingerprint density at radius 3 is 2.47 bits per heavy atom. The van der Waals surface area contributed by atoms with E-state index in [0.29, 0.717) is 5.75 Å². The first-order valence-corrected chi connectivity index (χ1v) is 5.64. The molecule has 0 unspecified atom stereocenters. The fourth-order valence-electron chi connectivity index (χ4n) is 1.62. The number of rotatable bonds is 3. The molecule has 94 valence electrons. The average molecular weight is 254 g/mol. The Morgan fingerprint density at radius 1 is 0.947 bits per heavy atom. The highest BCUT2D eigenvalue weighted by molar-refractivity contribution is 5.40. The molecule has 0 bridgehead atoms. The number of hydrogen-bond donors (Lipinski definition) is 1. The molecule has 0 radical (unpaired) electrons. The predicted octanol–water partition coefficient (Wildman–Crippen LogP) is 2.16. The van der Waals surface area contributed by atoms with Crippen molar-refractivity contribution in [2.24, 2.45) is 0 Å². The predicted molar refractivity (Wildman–Crippen MR) is 67.3 cm³/mol. The quantitative estimate of drug-likeness (QED) is 0.775. The van der Waals surface area contributed by atoms with Crippen molar-refractivity contribution in [1.82, 2.24) is 20.2 Å². The molecule has 6 heteroatoms. The van der Waals surface area contributed by atoms with Gasteiger partial charge >= 0.3 is 6.01 Å². The lowest BCUT2D eigenvalue weighted by atomic mass is 10.3. The molecule has 0 aliphatic carbocycles. The van der Waals surface area contributed by atoms with Crippen molar-refractivity contribution in [3.8, 4) is 23.2 Å². The minimum Gasteiger partial charge on any atom is -0.504 e. The Morgan fingerprint density at radius 2 is 1.68 bits per heavy atom. The third-order valence-electron chi connectivity index (χ3n) is 2.51. The van der Waals surface area contributed by atoms with Crippen LogP contribution in [-0.4, -0.2) is 25.3 Å². The smallest absolute Gasteiger partial charge is 0.346 e. The molecule has 0 atom stereocenters. The van der Waals surface area contributed by atoms with Crippen LogP contribution >= 0.6 is 0 Å². The highest BCUT2D eigenvalue weighted by Crippen LogP contribution is 2.29. The Hall–Kier alpha value is -2.89. The van der Waals surface area contributed by atoms with Crippen molar-refractivity contribution in [3.05, 3.63) is 54.6 Å². The number of ether oxygens (including phenoxy) is 1. The summed E-state index contributed by atoms with van der Waals surface area (Å²) in [7, 11) is 0. The molecule has 0 spiro atoms. The number of benzene rings is 2. The van der Waals surface area contributed by atoms with Gasteiger partial charge in [0.05, 0.1) is 5.69 Å². The summed E-state index contributed by atoms with van der Waals surface area (Å²) < 4.78 is 6.96. The van der Waals surface area contributed by atoms with Crippen LogP contribution in [0.2, 0.25) is 0 Å². The molecule has 0 aliphatic heterocycles. The summed E-state index contributed by atoms with van der Waals surface area (Å²) in [5, 5.41) is 20.9. The summed E-state index contributed by atoms with van der Waals surface area (Å²) in [5.41, 5.74) is 0.776. The second kappa shape index (κ2) is 4.77. The first-order valence-electron chi connectivity index (χ1n) is 5.64. The van der Waals surface area contributed by atoms with Crippen LogP contribution in [0.5, 0.6) is 17.5 Å². The van der Waals surface area contributed by atoms with Crippen LogP contribution in [0.25, 0.3) is 5.69 Å². The number of aromatic nitrogens is 4. The van der Waals surface area contributed by atoms with Crippen molar-refractivity contribution in [2.45, 2.75) is 0 Å². The first kappa shape index (κ1) is 11.2. The van der Waals surface area contributed by atoms with Gasteiger partial charge in [-0.15, -0.1) is 0 Å². The summed E-state index contributed by atoms with van der Waals surface area (Å²) in [6, 6.07) is 16.2. The van der Waals surface area contributed by atoms with Gasteiger partial charge in [0.15, 0.2) is 11.5 Å². The number of phenols is 1. The fraction of sp³-hybridized carbons (Fsp3) is 0. The Kier molecular flexibility index (Phi) is 2.82. The second-order valence-electron chi connectivity index (χ2n) is 3.78.